The molecule has 1 unspecified atom stereocenters. The maximum Gasteiger partial charge on any atom is 0.309 e. The van der Waals surface area contributed by atoms with E-state index in [1.807, 2.05) is 6.92 Å². The van der Waals surface area contributed by atoms with Crippen molar-refractivity contribution in [1.82, 2.24) is 15.5 Å². The van der Waals surface area contributed by atoms with Gasteiger partial charge in [0.05, 0.1) is 0 Å². The van der Waals surface area contributed by atoms with Gasteiger partial charge in [0.1, 0.15) is 0 Å². The van der Waals surface area contributed by atoms with E-state index in [1.165, 1.54) is 17.9 Å². The second-order valence-corrected chi connectivity index (χ2v) is 6.72. The molecule has 0 aromatic carbocycles. The maximum atomic E-state index is 11.5. The number of carbonyl (C=O) groups is 2. The molecule has 0 saturated carbocycles. The van der Waals surface area contributed by atoms with Crippen LogP contribution in [0, 0.1) is 5.92 Å². The van der Waals surface area contributed by atoms with Crippen LogP contribution < -0.4 is 10.6 Å². The fourth-order valence-electron chi connectivity index (χ4n) is 2.89. The number of nitrogens with zero attached hydrogens (tertiary/aromatic N) is 1. The molecule has 2 amide bonds. The SMILES string of the molecule is CCNC(=O)C(=O)NCC1CCN(C2CCSC2)CC1. The molecule has 2 aliphatic heterocycles. The fourth-order valence-corrected chi connectivity index (χ4v) is 4.15. The Morgan fingerprint density at radius 2 is 1.85 bits per heavy atom. The summed E-state index contributed by atoms with van der Waals surface area (Å²) in [7, 11) is 0. The van der Waals surface area contributed by atoms with Crippen LogP contribution in [0.4, 0.5) is 0 Å². The van der Waals surface area contributed by atoms with Crippen LogP contribution >= 0.6 is 11.8 Å². The van der Waals surface area contributed by atoms with Crippen molar-refractivity contribution in [3.63, 3.8) is 0 Å². The van der Waals surface area contributed by atoms with Gasteiger partial charge in [-0.25, -0.2) is 0 Å². The summed E-state index contributed by atoms with van der Waals surface area (Å²) in [6.45, 7) is 5.19. The van der Waals surface area contributed by atoms with Crippen LogP contribution in [0.25, 0.3) is 0 Å². The lowest BCUT2D eigenvalue weighted by Gasteiger charge is -2.35. The van der Waals surface area contributed by atoms with Crippen LogP contribution in [-0.4, -0.2) is 60.4 Å². The Labute approximate surface area is 125 Å². The number of nitrogens with one attached hydrogen (secondary N) is 2. The first-order valence-electron chi connectivity index (χ1n) is 7.58. The van der Waals surface area contributed by atoms with E-state index in [4.69, 9.17) is 0 Å². The van der Waals surface area contributed by atoms with Crippen molar-refractivity contribution >= 4 is 23.6 Å². The molecule has 0 aromatic rings. The van der Waals surface area contributed by atoms with Gasteiger partial charge in [0.25, 0.3) is 0 Å². The van der Waals surface area contributed by atoms with E-state index in [2.05, 4.69) is 27.3 Å². The Morgan fingerprint density at radius 1 is 1.15 bits per heavy atom. The predicted molar refractivity (Wildman–Crippen MR) is 81.7 cm³/mol. The monoisotopic (exact) mass is 299 g/mol. The molecule has 2 saturated heterocycles. The lowest BCUT2D eigenvalue weighted by atomic mass is 9.95. The first-order chi connectivity index (χ1) is 9.70. The molecule has 0 spiro atoms. The standard InChI is InChI=1S/C14H25N3O2S/c1-2-15-13(18)14(19)16-9-11-3-6-17(7-4-11)12-5-8-20-10-12/h11-12H,2-10H2,1H3,(H,15,18)(H,16,19). The summed E-state index contributed by atoms with van der Waals surface area (Å²) in [5, 5.41) is 5.26. The maximum absolute atomic E-state index is 11.5. The number of hydrogen-bond donors (Lipinski definition) is 2. The molecular formula is C14H25N3O2S. The van der Waals surface area contributed by atoms with Crippen LogP contribution in [0.5, 0.6) is 0 Å². The van der Waals surface area contributed by atoms with Gasteiger partial charge in [-0.3, -0.25) is 14.5 Å². The summed E-state index contributed by atoms with van der Waals surface area (Å²) in [5.41, 5.74) is 0. The lowest BCUT2D eigenvalue weighted by molar-refractivity contribution is -0.139. The van der Waals surface area contributed by atoms with Gasteiger partial charge in [0.15, 0.2) is 0 Å². The number of rotatable bonds is 4. The molecule has 0 aliphatic carbocycles. The highest BCUT2D eigenvalue weighted by Crippen LogP contribution is 2.26. The molecule has 114 valence electrons. The first-order valence-corrected chi connectivity index (χ1v) is 8.74. The van der Waals surface area contributed by atoms with E-state index in [-0.39, 0.29) is 0 Å². The van der Waals surface area contributed by atoms with Gasteiger partial charge in [-0.1, -0.05) is 0 Å². The zero-order valence-corrected chi connectivity index (χ0v) is 13.0. The summed E-state index contributed by atoms with van der Waals surface area (Å²) in [6.07, 6.45) is 3.57. The predicted octanol–water partition coefficient (Wildman–Crippen LogP) is 0.456. The number of likely N-dealkylation sites (tertiary alicyclic amines) is 1. The van der Waals surface area contributed by atoms with Gasteiger partial charge >= 0.3 is 11.8 Å². The summed E-state index contributed by atoms with van der Waals surface area (Å²) < 4.78 is 0. The van der Waals surface area contributed by atoms with Gasteiger partial charge in [-0.05, 0) is 50.9 Å². The third-order valence-corrected chi connectivity index (χ3v) is 5.31. The average Bonchev–Trinajstić information content (AvgIpc) is 2.99. The molecule has 2 fully saturated rings. The Kier molecular flexibility index (Phi) is 6.16. The second-order valence-electron chi connectivity index (χ2n) is 5.57. The second kappa shape index (κ2) is 7.88. The molecule has 0 radical (unpaired) electrons. The van der Waals surface area contributed by atoms with Crippen LogP contribution in [-0.2, 0) is 9.59 Å². The van der Waals surface area contributed by atoms with Crippen molar-refractivity contribution in [3.8, 4) is 0 Å². The Balaban J connectivity index is 1.64. The molecule has 0 bridgehead atoms. The zero-order valence-electron chi connectivity index (χ0n) is 12.2. The topological polar surface area (TPSA) is 61.4 Å². The van der Waals surface area contributed by atoms with E-state index in [0.29, 0.717) is 19.0 Å². The molecule has 0 aromatic heterocycles. The average molecular weight is 299 g/mol. The van der Waals surface area contributed by atoms with Crippen LogP contribution in [0.15, 0.2) is 0 Å². The fraction of sp³-hybridized carbons (Fsp3) is 0.857. The van der Waals surface area contributed by atoms with Crippen molar-refractivity contribution in [1.29, 1.82) is 0 Å². The minimum atomic E-state index is -0.520. The highest BCUT2D eigenvalue weighted by Gasteiger charge is 2.27. The Morgan fingerprint density at radius 3 is 2.45 bits per heavy atom. The third-order valence-electron chi connectivity index (χ3n) is 4.17. The highest BCUT2D eigenvalue weighted by atomic mass is 32.2. The van der Waals surface area contributed by atoms with Crippen molar-refractivity contribution in [2.75, 3.05) is 37.7 Å². The Bertz CT molecular complexity index is 337. The summed E-state index contributed by atoms with van der Waals surface area (Å²) >= 11 is 2.06. The van der Waals surface area contributed by atoms with E-state index < -0.39 is 11.8 Å². The minimum absolute atomic E-state index is 0.490. The molecule has 2 rings (SSSR count). The number of thioether (sulfide) groups is 1. The summed E-state index contributed by atoms with van der Waals surface area (Å²) in [4.78, 5) is 25.4. The van der Waals surface area contributed by atoms with Crippen molar-refractivity contribution < 1.29 is 9.59 Å². The van der Waals surface area contributed by atoms with E-state index in [1.54, 1.807) is 0 Å². The summed E-state index contributed by atoms with van der Waals surface area (Å²) in [5.74, 6) is 2.07. The number of carbonyl (C=O) groups excluding carboxylic acids is 2. The van der Waals surface area contributed by atoms with E-state index >= 15 is 0 Å². The smallest absolute Gasteiger partial charge is 0.309 e. The molecule has 2 aliphatic rings. The molecule has 2 N–H and O–H groups in total. The normalized spacial score (nSPS) is 24.6. The Hall–Kier alpha value is -0.750. The minimum Gasteiger partial charge on any atom is -0.348 e. The quantitative estimate of drug-likeness (QED) is 0.740. The first kappa shape index (κ1) is 15.6. The van der Waals surface area contributed by atoms with Gasteiger partial charge in [-0.15, -0.1) is 0 Å². The molecule has 2 heterocycles. The number of hydrogen-bond acceptors (Lipinski definition) is 4. The van der Waals surface area contributed by atoms with Crippen LogP contribution in [0.1, 0.15) is 26.2 Å². The number of amides is 2. The third kappa shape index (κ3) is 4.38. The number of likely N-dealkylation sites (N-methyl/N-ethyl adjacent to an activating group) is 1. The molecule has 20 heavy (non-hydrogen) atoms. The van der Waals surface area contributed by atoms with Gasteiger partial charge in [0.2, 0.25) is 0 Å². The molecule has 1 atom stereocenters. The highest BCUT2D eigenvalue weighted by molar-refractivity contribution is 7.99. The number of piperidine rings is 1. The molecule has 5 nitrogen and oxygen atoms in total. The zero-order chi connectivity index (χ0) is 14.4. The van der Waals surface area contributed by atoms with Crippen molar-refractivity contribution in [2.45, 2.75) is 32.2 Å². The largest absolute Gasteiger partial charge is 0.348 e. The van der Waals surface area contributed by atoms with Gasteiger partial charge in [-0.2, -0.15) is 11.8 Å². The lowest BCUT2D eigenvalue weighted by Crippen LogP contribution is -2.45. The van der Waals surface area contributed by atoms with E-state index in [0.717, 1.165) is 32.0 Å². The summed E-state index contributed by atoms with van der Waals surface area (Å²) in [6, 6.07) is 0.769. The van der Waals surface area contributed by atoms with Crippen LogP contribution in [0.3, 0.4) is 0 Å². The molecular weight excluding hydrogens is 274 g/mol. The van der Waals surface area contributed by atoms with E-state index in [9.17, 15) is 9.59 Å². The van der Waals surface area contributed by atoms with Crippen molar-refractivity contribution in [3.05, 3.63) is 0 Å². The van der Waals surface area contributed by atoms with Crippen molar-refractivity contribution in [2.24, 2.45) is 5.92 Å². The van der Waals surface area contributed by atoms with Gasteiger partial charge in [0, 0.05) is 24.9 Å². The van der Waals surface area contributed by atoms with Gasteiger partial charge < -0.3 is 10.6 Å². The van der Waals surface area contributed by atoms with Crippen LogP contribution in [0.2, 0.25) is 0 Å². The molecule has 6 heteroatoms.